The van der Waals surface area contributed by atoms with Gasteiger partial charge >= 0.3 is 0 Å². The molecule has 0 aromatic carbocycles. The Morgan fingerprint density at radius 2 is 1.82 bits per heavy atom. The summed E-state index contributed by atoms with van der Waals surface area (Å²) in [7, 11) is 0. The summed E-state index contributed by atoms with van der Waals surface area (Å²) in [5.74, 6) is 2.26. The van der Waals surface area contributed by atoms with Crippen LogP contribution in [0.4, 0.5) is 0 Å². The molecule has 2 nitrogen and oxygen atoms in total. The topological polar surface area (TPSA) is 29.5 Å². The Morgan fingerprint density at radius 3 is 2.47 bits per heavy atom. The third-order valence-corrected chi connectivity index (χ3v) is 4.68. The van der Waals surface area contributed by atoms with Gasteiger partial charge in [-0.1, -0.05) is 26.2 Å². The van der Waals surface area contributed by atoms with Crippen LogP contribution >= 0.6 is 0 Å². The highest BCUT2D eigenvalue weighted by Gasteiger charge is 2.31. The molecule has 100 valence electrons. The standard InChI is InChI=1S/C15H28O2/c1-12(14-6-7-14)15(16)5-3-2-4-13-8-10-17-11-9-13/h12-16H,2-11H2,1H3. The highest BCUT2D eigenvalue weighted by atomic mass is 16.5. The van der Waals surface area contributed by atoms with Gasteiger partial charge in [0.25, 0.3) is 0 Å². The van der Waals surface area contributed by atoms with E-state index in [1.165, 1.54) is 44.9 Å². The second-order valence-corrected chi connectivity index (χ2v) is 6.10. The molecule has 2 unspecified atom stereocenters. The maximum atomic E-state index is 10.0. The molecular formula is C15H28O2. The minimum Gasteiger partial charge on any atom is -0.393 e. The minimum atomic E-state index is -0.0443. The first-order chi connectivity index (χ1) is 8.27. The molecule has 1 saturated carbocycles. The molecule has 1 saturated heterocycles. The largest absolute Gasteiger partial charge is 0.393 e. The molecule has 2 atom stereocenters. The summed E-state index contributed by atoms with van der Waals surface area (Å²) in [6, 6.07) is 0. The molecule has 0 amide bonds. The van der Waals surface area contributed by atoms with Gasteiger partial charge in [0, 0.05) is 13.2 Å². The normalized spacial score (nSPS) is 25.8. The second-order valence-electron chi connectivity index (χ2n) is 6.10. The van der Waals surface area contributed by atoms with Crippen LogP contribution in [0.15, 0.2) is 0 Å². The van der Waals surface area contributed by atoms with Crippen LogP contribution in [0, 0.1) is 17.8 Å². The molecule has 2 fully saturated rings. The Balaban J connectivity index is 1.50. The SMILES string of the molecule is CC(C(O)CCCCC1CCOCC1)C1CC1. The highest BCUT2D eigenvalue weighted by molar-refractivity contribution is 4.82. The van der Waals surface area contributed by atoms with Crippen molar-refractivity contribution in [2.75, 3.05) is 13.2 Å². The summed E-state index contributed by atoms with van der Waals surface area (Å²) in [6.07, 6.45) is 10.0. The summed E-state index contributed by atoms with van der Waals surface area (Å²) in [4.78, 5) is 0. The lowest BCUT2D eigenvalue weighted by Gasteiger charge is -2.22. The molecule has 0 aromatic heterocycles. The van der Waals surface area contributed by atoms with Crippen molar-refractivity contribution in [1.29, 1.82) is 0 Å². The molecule has 17 heavy (non-hydrogen) atoms. The zero-order chi connectivity index (χ0) is 12.1. The zero-order valence-corrected chi connectivity index (χ0v) is 11.2. The maximum Gasteiger partial charge on any atom is 0.0568 e. The van der Waals surface area contributed by atoms with Crippen molar-refractivity contribution in [2.45, 2.75) is 64.4 Å². The number of hydrogen-bond donors (Lipinski definition) is 1. The van der Waals surface area contributed by atoms with Gasteiger partial charge in [0.15, 0.2) is 0 Å². The van der Waals surface area contributed by atoms with E-state index in [1.54, 1.807) is 0 Å². The molecule has 0 spiro atoms. The number of rotatable bonds is 7. The van der Waals surface area contributed by atoms with Gasteiger partial charge in [-0.2, -0.15) is 0 Å². The lowest BCUT2D eigenvalue weighted by Crippen LogP contribution is -2.19. The van der Waals surface area contributed by atoms with Gasteiger partial charge in [0.1, 0.15) is 0 Å². The van der Waals surface area contributed by atoms with E-state index in [0.29, 0.717) is 5.92 Å². The molecule has 0 radical (unpaired) electrons. The van der Waals surface area contributed by atoms with E-state index < -0.39 is 0 Å². The first-order valence-electron chi connectivity index (χ1n) is 7.53. The van der Waals surface area contributed by atoms with E-state index in [2.05, 4.69) is 6.92 Å². The smallest absolute Gasteiger partial charge is 0.0568 e. The van der Waals surface area contributed by atoms with Crippen molar-refractivity contribution in [2.24, 2.45) is 17.8 Å². The predicted molar refractivity (Wildman–Crippen MR) is 69.9 cm³/mol. The lowest BCUT2D eigenvalue weighted by atomic mass is 9.91. The lowest BCUT2D eigenvalue weighted by molar-refractivity contribution is 0.0614. The van der Waals surface area contributed by atoms with Gasteiger partial charge in [-0.15, -0.1) is 0 Å². The first-order valence-corrected chi connectivity index (χ1v) is 7.53. The van der Waals surface area contributed by atoms with Gasteiger partial charge in [-0.3, -0.25) is 0 Å². The third kappa shape index (κ3) is 4.59. The van der Waals surface area contributed by atoms with Crippen molar-refractivity contribution in [3.05, 3.63) is 0 Å². The number of unbranched alkanes of at least 4 members (excludes halogenated alkanes) is 1. The predicted octanol–water partition coefficient (Wildman–Crippen LogP) is 3.38. The Kier molecular flexibility index (Phi) is 5.30. The fraction of sp³-hybridized carbons (Fsp3) is 1.00. The van der Waals surface area contributed by atoms with Crippen LogP contribution in [0.2, 0.25) is 0 Å². The maximum absolute atomic E-state index is 10.0. The summed E-state index contributed by atoms with van der Waals surface area (Å²) in [5, 5.41) is 10.0. The van der Waals surface area contributed by atoms with Crippen LogP contribution in [0.3, 0.4) is 0 Å². The van der Waals surface area contributed by atoms with Crippen LogP contribution in [-0.2, 0) is 4.74 Å². The number of aliphatic hydroxyl groups is 1. The van der Waals surface area contributed by atoms with Gasteiger partial charge in [-0.05, 0) is 49.9 Å². The molecule has 1 N–H and O–H groups in total. The molecular weight excluding hydrogens is 212 g/mol. The summed E-state index contributed by atoms with van der Waals surface area (Å²) < 4.78 is 5.37. The van der Waals surface area contributed by atoms with Crippen LogP contribution < -0.4 is 0 Å². The van der Waals surface area contributed by atoms with Crippen LogP contribution in [-0.4, -0.2) is 24.4 Å². The average Bonchev–Trinajstić information content (AvgIpc) is 3.19. The van der Waals surface area contributed by atoms with Gasteiger partial charge in [0.05, 0.1) is 6.10 Å². The molecule has 2 heteroatoms. The Hall–Kier alpha value is -0.0800. The second kappa shape index (κ2) is 6.75. The molecule has 1 aliphatic heterocycles. The third-order valence-electron chi connectivity index (χ3n) is 4.68. The van der Waals surface area contributed by atoms with E-state index in [4.69, 9.17) is 4.74 Å². The quantitative estimate of drug-likeness (QED) is 0.691. The summed E-state index contributed by atoms with van der Waals surface area (Å²) in [5.41, 5.74) is 0. The van der Waals surface area contributed by atoms with Crippen LogP contribution in [0.5, 0.6) is 0 Å². The van der Waals surface area contributed by atoms with Crippen molar-refractivity contribution in [3.63, 3.8) is 0 Å². The van der Waals surface area contributed by atoms with Gasteiger partial charge < -0.3 is 9.84 Å². The number of aliphatic hydroxyl groups excluding tert-OH is 1. The molecule has 2 rings (SSSR count). The molecule has 0 bridgehead atoms. The van der Waals surface area contributed by atoms with E-state index in [-0.39, 0.29) is 6.10 Å². The molecule has 1 heterocycles. The van der Waals surface area contributed by atoms with Gasteiger partial charge in [0.2, 0.25) is 0 Å². The summed E-state index contributed by atoms with van der Waals surface area (Å²) in [6.45, 7) is 4.15. The van der Waals surface area contributed by atoms with Crippen molar-refractivity contribution in [1.82, 2.24) is 0 Å². The average molecular weight is 240 g/mol. The fourth-order valence-electron chi connectivity index (χ4n) is 3.02. The fourth-order valence-corrected chi connectivity index (χ4v) is 3.02. The molecule has 0 aromatic rings. The molecule has 1 aliphatic carbocycles. The Labute approximate surface area is 106 Å². The van der Waals surface area contributed by atoms with Crippen LogP contribution in [0.25, 0.3) is 0 Å². The van der Waals surface area contributed by atoms with Crippen LogP contribution in [0.1, 0.15) is 58.3 Å². The highest BCUT2D eigenvalue weighted by Crippen LogP contribution is 2.39. The van der Waals surface area contributed by atoms with E-state index in [9.17, 15) is 5.11 Å². The first kappa shape index (κ1) is 13.4. The Morgan fingerprint density at radius 1 is 1.12 bits per heavy atom. The summed E-state index contributed by atoms with van der Waals surface area (Å²) >= 11 is 0. The van der Waals surface area contributed by atoms with Crippen molar-refractivity contribution < 1.29 is 9.84 Å². The zero-order valence-electron chi connectivity index (χ0n) is 11.2. The Bertz CT molecular complexity index is 207. The van der Waals surface area contributed by atoms with E-state index in [0.717, 1.165) is 31.5 Å². The minimum absolute atomic E-state index is 0.0443. The number of hydrogen-bond acceptors (Lipinski definition) is 2. The monoisotopic (exact) mass is 240 g/mol. The van der Waals surface area contributed by atoms with Crippen molar-refractivity contribution in [3.8, 4) is 0 Å². The van der Waals surface area contributed by atoms with Crippen molar-refractivity contribution >= 4 is 0 Å². The van der Waals surface area contributed by atoms with Gasteiger partial charge in [-0.25, -0.2) is 0 Å². The molecule has 2 aliphatic rings. The van der Waals surface area contributed by atoms with E-state index >= 15 is 0 Å². The van der Waals surface area contributed by atoms with E-state index in [1.807, 2.05) is 0 Å². The number of ether oxygens (including phenoxy) is 1.